The number of amides is 2. The zero-order valence-electron chi connectivity index (χ0n) is 11.5. The molecule has 0 bridgehead atoms. The molecule has 0 radical (unpaired) electrons. The molecule has 0 atom stereocenters. The fourth-order valence-corrected chi connectivity index (χ4v) is 2.11. The fourth-order valence-electron chi connectivity index (χ4n) is 1.82. The Balaban J connectivity index is 2.61. The number of aromatic nitrogens is 2. The lowest BCUT2D eigenvalue weighted by molar-refractivity contribution is 0.249. The maximum atomic E-state index is 11.9. The van der Waals surface area contributed by atoms with E-state index in [0.29, 0.717) is 5.69 Å². The van der Waals surface area contributed by atoms with Gasteiger partial charge < -0.3 is 10.8 Å². The molecule has 2 aromatic rings. The molecule has 0 saturated carbocycles. The lowest BCUT2D eigenvalue weighted by Crippen LogP contribution is -2.25. The van der Waals surface area contributed by atoms with E-state index in [-0.39, 0.29) is 10.3 Å². The molecule has 9 heteroatoms. The molecule has 8 nitrogen and oxygen atoms in total. The minimum Gasteiger partial charge on any atom is -0.494 e. The summed E-state index contributed by atoms with van der Waals surface area (Å²) in [5.74, 6) is -0.394. The van der Waals surface area contributed by atoms with Crippen LogP contribution in [0.15, 0.2) is 34.2 Å². The molecule has 22 heavy (non-hydrogen) atoms. The number of urea groups is 1. The maximum absolute atomic E-state index is 11.9. The van der Waals surface area contributed by atoms with E-state index in [0.717, 1.165) is 11.8 Å². The highest BCUT2D eigenvalue weighted by molar-refractivity contribution is 7.71. The zero-order valence-corrected chi connectivity index (χ0v) is 12.3. The molecule has 0 aliphatic rings. The average molecular weight is 319 g/mol. The van der Waals surface area contributed by atoms with E-state index in [2.05, 4.69) is 10.1 Å². The normalized spacial score (nSPS) is 10.8. The smallest absolute Gasteiger partial charge is 0.332 e. The van der Waals surface area contributed by atoms with Crippen LogP contribution in [0.25, 0.3) is 5.69 Å². The van der Waals surface area contributed by atoms with Crippen LogP contribution < -0.4 is 16.7 Å². The van der Waals surface area contributed by atoms with Gasteiger partial charge in [0.25, 0.3) is 5.56 Å². The van der Waals surface area contributed by atoms with Gasteiger partial charge in [0.1, 0.15) is 5.56 Å². The SMILES string of the molecule is Cc1cccc(-n2c(O)c(C=NNC(N)=O)c(=O)[nH]c2=S)c1. The molecule has 0 saturated heterocycles. The second kappa shape index (κ2) is 6.22. The van der Waals surface area contributed by atoms with Gasteiger partial charge in [0.05, 0.1) is 11.9 Å². The molecule has 114 valence electrons. The predicted octanol–water partition coefficient (Wildman–Crippen LogP) is 0.911. The zero-order chi connectivity index (χ0) is 16.3. The summed E-state index contributed by atoms with van der Waals surface area (Å²) >= 11 is 5.08. The molecular weight excluding hydrogens is 306 g/mol. The fraction of sp³-hybridized carbons (Fsp3) is 0.0769. The first-order chi connectivity index (χ1) is 10.4. The van der Waals surface area contributed by atoms with E-state index < -0.39 is 17.5 Å². The number of hydrogen-bond acceptors (Lipinski definition) is 5. The highest BCUT2D eigenvalue weighted by Gasteiger charge is 2.12. The largest absolute Gasteiger partial charge is 0.494 e. The van der Waals surface area contributed by atoms with Crippen molar-refractivity contribution < 1.29 is 9.90 Å². The third-order valence-corrected chi connectivity index (χ3v) is 3.03. The number of hydrazone groups is 1. The summed E-state index contributed by atoms with van der Waals surface area (Å²) in [6.07, 6.45) is 0.986. The Labute approximate surface area is 129 Å². The lowest BCUT2D eigenvalue weighted by atomic mass is 10.2. The molecular formula is C13H13N5O3S. The van der Waals surface area contributed by atoms with Crippen LogP contribution in [0, 0.1) is 11.7 Å². The van der Waals surface area contributed by atoms with Crippen molar-refractivity contribution in [2.24, 2.45) is 10.8 Å². The standard InChI is InChI=1S/C13H13N5O3S/c1-7-3-2-4-8(5-7)18-11(20)9(6-15-17-12(14)21)10(19)16-13(18)22/h2-6,20H,1H3,(H3,14,17,21)(H,16,19,22). The van der Waals surface area contributed by atoms with Gasteiger partial charge in [-0.1, -0.05) is 12.1 Å². The highest BCUT2D eigenvalue weighted by Crippen LogP contribution is 2.19. The molecule has 1 aromatic heterocycles. The van der Waals surface area contributed by atoms with Gasteiger partial charge in [0.15, 0.2) is 4.77 Å². The van der Waals surface area contributed by atoms with Gasteiger partial charge in [0.2, 0.25) is 5.88 Å². The van der Waals surface area contributed by atoms with Crippen LogP contribution in [0.3, 0.4) is 0 Å². The van der Waals surface area contributed by atoms with Crippen LogP contribution in [-0.4, -0.2) is 26.9 Å². The Hall–Kier alpha value is -2.94. The summed E-state index contributed by atoms with van der Waals surface area (Å²) in [5, 5.41) is 13.8. The third kappa shape index (κ3) is 3.20. The van der Waals surface area contributed by atoms with E-state index in [1.807, 2.05) is 18.4 Å². The lowest BCUT2D eigenvalue weighted by Gasteiger charge is -2.11. The van der Waals surface area contributed by atoms with Crippen molar-refractivity contribution in [1.82, 2.24) is 15.0 Å². The first kappa shape index (κ1) is 15.4. The Bertz CT molecular complexity index is 869. The summed E-state index contributed by atoms with van der Waals surface area (Å²) in [6.45, 7) is 1.88. The van der Waals surface area contributed by atoms with Gasteiger partial charge in [0, 0.05) is 0 Å². The second-order valence-corrected chi connectivity index (χ2v) is 4.79. The first-order valence-electron chi connectivity index (χ1n) is 6.14. The summed E-state index contributed by atoms with van der Waals surface area (Å²) in [4.78, 5) is 24.9. The molecule has 0 spiro atoms. The number of aromatic hydroxyl groups is 1. The molecule has 1 heterocycles. The number of rotatable bonds is 3. The van der Waals surface area contributed by atoms with Crippen LogP contribution in [0.4, 0.5) is 4.79 Å². The minimum absolute atomic E-state index is 0.0353. The van der Waals surface area contributed by atoms with Gasteiger partial charge in [-0.05, 0) is 36.8 Å². The monoisotopic (exact) mass is 319 g/mol. The molecule has 2 amide bonds. The van der Waals surface area contributed by atoms with Crippen LogP contribution in [-0.2, 0) is 0 Å². The van der Waals surface area contributed by atoms with Crippen molar-refractivity contribution in [2.75, 3.05) is 0 Å². The maximum Gasteiger partial charge on any atom is 0.332 e. The number of carbonyl (C=O) groups is 1. The molecule has 2 rings (SSSR count). The molecule has 0 aliphatic heterocycles. The number of nitrogens with one attached hydrogen (secondary N) is 2. The number of aryl methyl sites for hydroxylation is 1. The molecule has 0 unspecified atom stereocenters. The number of nitrogens with zero attached hydrogens (tertiary/aromatic N) is 2. The van der Waals surface area contributed by atoms with E-state index in [1.54, 1.807) is 18.2 Å². The molecule has 0 fully saturated rings. The number of carbonyl (C=O) groups excluding carboxylic acids is 1. The van der Waals surface area contributed by atoms with Crippen molar-refractivity contribution in [3.63, 3.8) is 0 Å². The van der Waals surface area contributed by atoms with Gasteiger partial charge in [-0.25, -0.2) is 10.2 Å². The number of benzene rings is 1. The van der Waals surface area contributed by atoms with Gasteiger partial charge >= 0.3 is 6.03 Å². The van der Waals surface area contributed by atoms with Crippen LogP contribution in [0.5, 0.6) is 5.88 Å². The van der Waals surface area contributed by atoms with Crippen molar-refractivity contribution in [1.29, 1.82) is 0 Å². The van der Waals surface area contributed by atoms with Crippen molar-refractivity contribution in [3.05, 3.63) is 50.5 Å². The van der Waals surface area contributed by atoms with E-state index in [4.69, 9.17) is 18.0 Å². The van der Waals surface area contributed by atoms with Gasteiger partial charge in [-0.2, -0.15) is 5.10 Å². The number of hydrogen-bond donors (Lipinski definition) is 4. The Morgan fingerprint density at radius 3 is 2.91 bits per heavy atom. The Morgan fingerprint density at radius 1 is 1.55 bits per heavy atom. The van der Waals surface area contributed by atoms with Gasteiger partial charge in [-0.3, -0.25) is 14.3 Å². The van der Waals surface area contributed by atoms with Crippen molar-refractivity contribution in [2.45, 2.75) is 6.92 Å². The Kier molecular flexibility index (Phi) is 4.37. The number of primary amides is 1. The van der Waals surface area contributed by atoms with Gasteiger partial charge in [-0.15, -0.1) is 0 Å². The first-order valence-corrected chi connectivity index (χ1v) is 6.55. The second-order valence-electron chi connectivity index (χ2n) is 4.41. The predicted molar refractivity (Wildman–Crippen MR) is 83.9 cm³/mol. The number of H-pyrrole nitrogens is 1. The topological polar surface area (TPSA) is 125 Å². The molecule has 5 N–H and O–H groups in total. The third-order valence-electron chi connectivity index (χ3n) is 2.75. The minimum atomic E-state index is -0.890. The molecule has 1 aromatic carbocycles. The van der Waals surface area contributed by atoms with Crippen LogP contribution >= 0.6 is 12.2 Å². The van der Waals surface area contributed by atoms with E-state index in [1.165, 1.54) is 4.57 Å². The quantitative estimate of drug-likeness (QED) is 0.381. The number of aromatic amines is 1. The number of nitrogens with two attached hydrogens (primary N) is 1. The van der Waals surface area contributed by atoms with Crippen LogP contribution in [0.2, 0.25) is 0 Å². The summed E-state index contributed by atoms with van der Waals surface area (Å²) in [7, 11) is 0. The molecule has 0 aliphatic carbocycles. The Morgan fingerprint density at radius 2 is 2.27 bits per heavy atom. The van der Waals surface area contributed by atoms with Crippen molar-refractivity contribution in [3.8, 4) is 11.6 Å². The summed E-state index contributed by atoms with van der Waals surface area (Å²) < 4.78 is 1.32. The van der Waals surface area contributed by atoms with Crippen molar-refractivity contribution >= 4 is 24.5 Å². The van der Waals surface area contributed by atoms with E-state index >= 15 is 0 Å². The summed E-state index contributed by atoms with van der Waals surface area (Å²) in [6, 6.07) is 6.30. The van der Waals surface area contributed by atoms with E-state index in [9.17, 15) is 14.7 Å². The summed E-state index contributed by atoms with van der Waals surface area (Å²) in [5.41, 5.74) is 7.53. The highest BCUT2D eigenvalue weighted by atomic mass is 32.1. The average Bonchev–Trinajstić information content (AvgIpc) is 2.42. The van der Waals surface area contributed by atoms with Crippen LogP contribution in [0.1, 0.15) is 11.1 Å².